The molecule has 5 nitrogen and oxygen atoms in total. The third-order valence-corrected chi connectivity index (χ3v) is 9.84. The Morgan fingerprint density at radius 3 is 2.03 bits per heavy atom. The van der Waals surface area contributed by atoms with Crippen molar-refractivity contribution >= 4 is 14.5 Å². The Kier molecular flexibility index (Phi) is 10.0. The number of nitrogens with zero attached hydrogens (tertiary/aromatic N) is 1. The fourth-order valence-electron chi connectivity index (χ4n) is 2.53. The summed E-state index contributed by atoms with van der Waals surface area (Å²) in [4.78, 5) is 0. The van der Waals surface area contributed by atoms with Crippen LogP contribution >= 0.6 is 0 Å². The molecule has 0 bridgehead atoms. The Bertz CT molecular complexity index is 812. The van der Waals surface area contributed by atoms with Crippen molar-refractivity contribution in [2.24, 2.45) is 5.16 Å². The molecule has 2 aromatic carbocycles. The maximum Gasteiger partial charge on any atom is 0.286 e. The van der Waals surface area contributed by atoms with Crippen LogP contribution in [0.2, 0.25) is 18.1 Å². The maximum absolute atomic E-state index is 15.2. The van der Waals surface area contributed by atoms with Gasteiger partial charge in [-0.1, -0.05) is 81.4 Å². The number of hydrogen-bond donors (Lipinski definition) is 1. The van der Waals surface area contributed by atoms with Crippen LogP contribution in [0.1, 0.15) is 31.9 Å². The predicted molar refractivity (Wildman–Crippen MR) is 129 cm³/mol. The van der Waals surface area contributed by atoms with E-state index in [1.165, 1.54) is 6.21 Å². The van der Waals surface area contributed by atoms with Gasteiger partial charge in [0.2, 0.25) is 0 Å². The van der Waals surface area contributed by atoms with Crippen molar-refractivity contribution in [1.82, 2.24) is 0 Å². The molecule has 0 saturated heterocycles. The van der Waals surface area contributed by atoms with Crippen LogP contribution in [0.15, 0.2) is 65.8 Å². The summed E-state index contributed by atoms with van der Waals surface area (Å²) < 4.78 is 32.2. The molecule has 7 heteroatoms. The lowest BCUT2D eigenvalue weighted by atomic mass is 10.1. The molecule has 0 heterocycles. The van der Waals surface area contributed by atoms with Gasteiger partial charge in [-0.2, -0.15) is 0 Å². The van der Waals surface area contributed by atoms with Gasteiger partial charge in [0.25, 0.3) is 8.32 Å². The van der Waals surface area contributed by atoms with Crippen LogP contribution in [-0.2, 0) is 27.2 Å². The Morgan fingerprint density at radius 2 is 1.50 bits per heavy atom. The summed E-state index contributed by atoms with van der Waals surface area (Å²) in [7, 11) is -2.14. The number of ether oxygens (including phenoxy) is 2. The van der Waals surface area contributed by atoms with Crippen molar-refractivity contribution in [2.45, 2.75) is 70.5 Å². The Labute approximate surface area is 192 Å². The summed E-state index contributed by atoms with van der Waals surface area (Å²) in [5, 5.41) is 14.4. The second kappa shape index (κ2) is 12.3. The van der Waals surface area contributed by atoms with Crippen molar-refractivity contribution in [3.05, 3.63) is 71.8 Å². The highest BCUT2D eigenvalue weighted by Crippen LogP contribution is 2.36. The fourth-order valence-corrected chi connectivity index (χ4v) is 3.12. The topological polar surface area (TPSA) is 60.3 Å². The summed E-state index contributed by atoms with van der Waals surface area (Å²) in [6.45, 7) is 10.8. The molecule has 1 N–H and O–H groups in total. The van der Waals surface area contributed by atoms with Gasteiger partial charge in [-0.25, -0.2) is 4.39 Å². The van der Waals surface area contributed by atoms with Crippen molar-refractivity contribution < 1.29 is 23.5 Å². The molecule has 3 atom stereocenters. The van der Waals surface area contributed by atoms with Crippen LogP contribution in [-0.4, -0.2) is 44.6 Å². The number of aliphatic hydroxyl groups is 1. The molecule has 176 valence electrons. The molecule has 0 amide bonds. The summed E-state index contributed by atoms with van der Waals surface area (Å²) in [5.41, 5.74) is 1.86. The van der Waals surface area contributed by atoms with E-state index in [1.807, 2.05) is 60.7 Å². The maximum atomic E-state index is 15.2. The third-order valence-electron chi connectivity index (χ3n) is 5.66. The van der Waals surface area contributed by atoms with E-state index < -0.39 is 26.7 Å². The minimum absolute atomic E-state index is 0.0371. The van der Waals surface area contributed by atoms with E-state index in [1.54, 1.807) is 0 Å². The van der Waals surface area contributed by atoms with Gasteiger partial charge in [-0.15, -0.1) is 5.16 Å². The number of hydrogen-bond acceptors (Lipinski definition) is 5. The zero-order chi connectivity index (χ0) is 23.6. The van der Waals surface area contributed by atoms with Crippen molar-refractivity contribution in [3.63, 3.8) is 0 Å². The number of oxime groups is 1. The average molecular weight is 462 g/mol. The lowest BCUT2D eigenvalue weighted by molar-refractivity contribution is -0.0603. The molecule has 0 radical (unpaired) electrons. The van der Waals surface area contributed by atoms with Crippen molar-refractivity contribution in [1.29, 1.82) is 0 Å². The molecule has 0 fully saturated rings. The second-order valence-corrected chi connectivity index (χ2v) is 14.1. The molecular weight excluding hydrogens is 425 g/mol. The molecule has 0 aliphatic heterocycles. The highest BCUT2D eigenvalue weighted by atomic mass is 28.4. The minimum atomic E-state index is -2.14. The van der Waals surface area contributed by atoms with E-state index in [2.05, 4.69) is 39.0 Å². The molecular formula is C25H36FNO4Si. The Hall–Kier alpha value is -2.06. The summed E-state index contributed by atoms with van der Waals surface area (Å²) in [6.07, 6.45) is -2.84. The predicted octanol–water partition coefficient (Wildman–Crippen LogP) is 5.50. The third kappa shape index (κ3) is 8.46. The van der Waals surface area contributed by atoms with Crippen LogP contribution < -0.4 is 0 Å². The molecule has 0 saturated carbocycles. The van der Waals surface area contributed by atoms with Crippen LogP contribution in [0, 0.1) is 0 Å². The van der Waals surface area contributed by atoms with Gasteiger partial charge in [-0.3, -0.25) is 0 Å². The first-order chi connectivity index (χ1) is 15.1. The van der Waals surface area contributed by atoms with Gasteiger partial charge in [0.05, 0.1) is 26.0 Å². The van der Waals surface area contributed by atoms with Gasteiger partial charge >= 0.3 is 0 Å². The number of halogens is 1. The highest BCUT2D eigenvalue weighted by Gasteiger charge is 2.40. The Balaban J connectivity index is 2.00. The van der Waals surface area contributed by atoms with Crippen LogP contribution in [0.25, 0.3) is 0 Å². The van der Waals surface area contributed by atoms with Crippen LogP contribution in [0.5, 0.6) is 0 Å². The van der Waals surface area contributed by atoms with Crippen LogP contribution in [0.4, 0.5) is 4.39 Å². The standard InChI is InChI=1S/C25H36FNO4Si/c1-25(2,3)32(4,5)31-27-16-23(30-18-21-14-10-7-11-15-21)24(26)22(28)19-29-17-20-12-8-6-9-13-20/h6-16,22-24,28H,17-19H2,1-5H3/b27-16+/t22-,23+,24+/m1/s1. The highest BCUT2D eigenvalue weighted by molar-refractivity contribution is 6.74. The molecule has 0 aliphatic carbocycles. The van der Waals surface area contributed by atoms with Gasteiger partial charge in [0, 0.05) is 0 Å². The lowest BCUT2D eigenvalue weighted by Gasteiger charge is -2.33. The van der Waals surface area contributed by atoms with E-state index in [-0.39, 0.29) is 18.3 Å². The van der Waals surface area contributed by atoms with Gasteiger partial charge in [0.15, 0.2) is 6.17 Å². The molecule has 0 unspecified atom stereocenters. The average Bonchev–Trinajstić information content (AvgIpc) is 2.76. The fraction of sp³-hybridized carbons (Fsp3) is 0.480. The van der Waals surface area contributed by atoms with Crippen LogP contribution in [0.3, 0.4) is 0 Å². The van der Waals surface area contributed by atoms with E-state index >= 15 is 4.39 Å². The Morgan fingerprint density at radius 1 is 0.969 bits per heavy atom. The molecule has 0 aromatic heterocycles. The number of benzene rings is 2. The smallest absolute Gasteiger partial charge is 0.286 e. The first kappa shape index (κ1) is 26.2. The first-order valence-corrected chi connectivity index (χ1v) is 13.8. The number of rotatable bonds is 12. The molecule has 0 aliphatic rings. The molecule has 2 aromatic rings. The molecule has 0 spiro atoms. The lowest BCUT2D eigenvalue weighted by Crippen LogP contribution is -2.41. The number of alkyl halides is 1. The van der Waals surface area contributed by atoms with Gasteiger partial charge in [0.1, 0.15) is 12.2 Å². The summed E-state index contributed by atoms with van der Waals surface area (Å²) in [6, 6.07) is 19.0. The van der Waals surface area contributed by atoms with E-state index in [9.17, 15) is 5.11 Å². The van der Waals surface area contributed by atoms with Crippen molar-refractivity contribution in [2.75, 3.05) is 6.61 Å². The summed E-state index contributed by atoms with van der Waals surface area (Å²) in [5.74, 6) is 0. The monoisotopic (exact) mass is 461 g/mol. The minimum Gasteiger partial charge on any atom is -0.455 e. The molecule has 2 rings (SSSR count). The van der Waals surface area contributed by atoms with Crippen molar-refractivity contribution in [3.8, 4) is 0 Å². The normalized spacial score (nSPS) is 15.5. The quantitative estimate of drug-likeness (QED) is 0.258. The first-order valence-electron chi connectivity index (χ1n) is 10.9. The zero-order valence-corrected chi connectivity index (χ0v) is 20.7. The SMILES string of the molecule is CC(C)(C)[Si](C)(C)O/N=C/[C@H](OCc1ccccc1)[C@@H](F)[C@H](O)COCc1ccccc1. The zero-order valence-electron chi connectivity index (χ0n) is 19.7. The van der Waals surface area contributed by atoms with E-state index in [0.717, 1.165) is 11.1 Å². The van der Waals surface area contributed by atoms with Gasteiger partial charge < -0.3 is 19.1 Å². The largest absolute Gasteiger partial charge is 0.455 e. The second-order valence-electron chi connectivity index (χ2n) is 9.38. The molecule has 32 heavy (non-hydrogen) atoms. The van der Waals surface area contributed by atoms with Gasteiger partial charge in [-0.05, 0) is 29.3 Å². The van der Waals surface area contributed by atoms with E-state index in [0.29, 0.717) is 6.61 Å². The summed E-state index contributed by atoms with van der Waals surface area (Å²) >= 11 is 0. The van der Waals surface area contributed by atoms with E-state index in [4.69, 9.17) is 14.0 Å². The number of aliphatic hydroxyl groups excluding tert-OH is 1.